The van der Waals surface area contributed by atoms with Crippen LogP contribution in [0.5, 0.6) is 0 Å². The summed E-state index contributed by atoms with van der Waals surface area (Å²) in [4.78, 5) is 0. The third-order valence-electron chi connectivity index (χ3n) is 10.3. The quantitative estimate of drug-likeness (QED) is 0.356. The molecule has 0 spiro atoms. The first-order chi connectivity index (χ1) is 16.1. The summed E-state index contributed by atoms with van der Waals surface area (Å²) >= 11 is 0. The van der Waals surface area contributed by atoms with Crippen molar-refractivity contribution in [1.29, 1.82) is 0 Å². The fraction of sp³-hybridized carbons (Fsp3) is 0.600. The van der Waals surface area contributed by atoms with E-state index >= 15 is 0 Å². The van der Waals surface area contributed by atoms with Crippen molar-refractivity contribution in [2.45, 2.75) is 74.8 Å². The Morgan fingerprint density at radius 2 is 0.892 bits per heavy atom. The molecule has 2 saturated carbocycles. The van der Waals surface area contributed by atoms with E-state index in [1.165, 1.54) is 0 Å². The maximum atomic E-state index is 10.4. The number of aliphatic hydroxyl groups is 1. The molecule has 0 amide bonds. The number of rotatable bonds is 3. The van der Waals surface area contributed by atoms with E-state index in [0.29, 0.717) is 17.8 Å². The Morgan fingerprint density at radius 1 is 0.568 bits per heavy atom. The average molecular weight is 585 g/mol. The van der Waals surface area contributed by atoms with Crippen molar-refractivity contribution < 1.29 is 31.3 Å². The average Bonchev–Trinajstić information content (AvgIpc) is 3.16. The first kappa shape index (κ1) is 38.4. The summed E-state index contributed by atoms with van der Waals surface area (Å²) in [6.07, 6.45) is 0.597. The van der Waals surface area contributed by atoms with E-state index in [4.69, 9.17) is 0 Å². The van der Waals surface area contributed by atoms with Crippen LogP contribution in [0.25, 0.3) is 0 Å². The largest absolute Gasteiger partial charge is 3.00 e. The fourth-order valence-corrected chi connectivity index (χ4v) is 6.45. The minimum atomic E-state index is -0.307. The van der Waals surface area contributed by atoms with Gasteiger partial charge in [0.05, 0.1) is 6.10 Å². The Kier molecular flexibility index (Phi) is 19.3. The van der Waals surface area contributed by atoms with Crippen molar-refractivity contribution in [3.8, 4) is 0 Å². The van der Waals surface area contributed by atoms with Crippen LogP contribution in [0.3, 0.4) is 0 Å². The summed E-state index contributed by atoms with van der Waals surface area (Å²) in [6.45, 7) is 21.4. The topological polar surface area (TPSA) is 20.2 Å². The molecule has 2 aliphatic rings. The van der Waals surface area contributed by atoms with E-state index in [0.717, 1.165) is 53.4 Å². The molecule has 0 aliphatic heterocycles. The van der Waals surface area contributed by atoms with E-state index in [1.807, 2.05) is 60.7 Å². The summed E-state index contributed by atoms with van der Waals surface area (Å²) in [5.41, 5.74) is 1.06. The van der Waals surface area contributed by atoms with Crippen LogP contribution >= 0.6 is 0 Å². The van der Waals surface area contributed by atoms with Gasteiger partial charge in [-0.2, -0.15) is 36.4 Å². The molecular formula is C35H57OZr. The molecule has 2 aromatic rings. The third-order valence-corrected chi connectivity index (χ3v) is 10.3. The molecule has 2 aromatic carbocycles. The number of hydrogen-bond donors (Lipinski definition) is 1. The van der Waals surface area contributed by atoms with Crippen molar-refractivity contribution in [2.24, 2.45) is 59.2 Å². The SMILES string of the molecule is CC1C(C)C(C)C(C)C1C.CC1C(C)C(C)C(CC(O)c2ccccc2)C1C.[CH3-].[CH3-].[Zr+3].[c-]1ccccc1. The molecular weight excluding hydrogens is 528 g/mol. The van der Waals surface area contributed by atoms with Crippen LogP contribution in [0.4, 0.5) is 0 Å². The van der Waals surface area contributed by atoms with Gasteiger partial charge in [-0.15, -0.1) is 0 Å². The van der Waals surface area contributed by atoms with Gasteiger partial charge in [-0.25, -0.2) is 0 Å². The van der Waals surface area contributed by atoms with Crippen LogP contribution < -0.4 is 0 Å². The summed E-state index contributed by atoms with van der Waals surface area (Å²) in [7, 11) is 0. The molecule has 37 heavy (non-hydrogen) atoms. The van der Waals surface area contributed by atoms with E-state index < -0.39 is 0 Å². The standard InChI is InChI=1S/C17H26O.C10H20.C6H5.2CH3.Zr/c1-11-12(2)14(4)16(13(11)3)10-17(18)15-8-6-5-7-9-15;1-6-7(2)9(4)10(5)8(6)3;1-2-4-6-5-3-1;;;/h5-9,11-14,16-18H,10H2,1-4H3;6-10H,1-5H3;1-5H;2*1H3;/q;;3*-1;+3. The van der Waals surface area contributed by atoms with Gasteiger partial charge in [0, 0.05) is 0 Å². The summed E-state index contributed by atoms with van der Waals surface area (Å²) < 4.78 is 0. The predicted octanol–water partition coefficient (Wildman–Crippen LogP) is 9.85. The molecule has 0 aromatic heterocycles. The molecule has 5 unspecified atom stereocenters. The third kappa shape index (κ3) is 10.4. The van der Waals surface area contributed by atoms with Gasteiger partial charge in [-0.1, -0.05) is 92.6 Å². The normalized spacial score (nSPS) is 34.6. The Balaban J connectivity index is 0. The molecule has 1 nitrogen and oxygen atoms in total. The van der Waals surface area contributed by atoms with Gasteiger partial charge in [0.25, 0.3) is 0 Å². The first-order valence-electron chi connectivity index (χ1n) is 13.7. The Bertz CT molecular complexity index is 708. The monoisotopic (exact) mass is 583 g/mol. The van der Waals surface area contributed by atoms with E-state index in [9.17, 15) is 5.11 Å². The summed E-state index contributed by atoms with van der Waals surface area (Å²) in [6, 6.07) is 22.6. The maximum Gasteiger partial charge on any atom is 3.00 e. The molecule has 0 heterocycles. The maximum absolute atomic E-state index is 10.4. The van der Waals surface area contributed by atoms with Crippen LogP contribution in [0.15, 0.2) is 60.7 Å². The van der Waals surface area contributed by atoms with Gasteiger partial charge in [0.1, 0.15) is 0 Å². The van der Waals surface area contributed by atoms with E-state index in [1.54, 1.807) is 0 Å². The molecule has 0 saturated heterocycles. The molecule has 4 rings (SSSR count). The van der Waals surface area contributed by atoms with Crippen molar-refractivity contribution in [3.05, 3.63) is 87.1 Å². The minimum Gasteiger partial charge on any atom is -0.388 e. The van der Waals surface area contributed by atoms with Gasteiger partial charge in [0.2, 0.25) is 0 Å². The second kappa shape index (κ2) is 18.5. The number of aliphatic hydroxyl groups excluding tert-OH is 1. The van der Waals surface area contributed by atoms with Crippen LogP contribution in [0.1, 0.15) is 80.4 Å². The molecule has 1 N–H and O–H groups in total. The van der Waals surface area contributed by atoms with Crippen molar-refractivity contribution >= 4 is 0 Å². The Hall–Kier alpha value is -0.717. The van der Waals surface area contributed by atoms with Gasteiger partial charge < -0.3 is 20.0 Å². The van der Waals surface area contributed by atoms with Gasteiger partial charge >= 0.3 is 26.2 Å². The van der Waals surface area contributed by atoms with Crippen LogP contribution in [0.2, 0.25) is 0 Å². The predicted molar refractivity (Wildman–Crippen MR) is 160 cm³/mol. The molecule has 207 valence electrons. The summed E-state index contributed by atoms with van der Waals surface area (Å²) in [5, 5.41) is 10.4. The first-order valence-corrected chi connectivity index (χ1v) is 13.7. The number of hydrogen-bond acceptors (Lipinski definition) is 1. The fourth-order valence-electron chi connectivity index (χ4n) is 6.45. The second-order valence-corrected chi connectivity index (χ2v) is 11.6. The Morgan fingerprint density at radius 3 is 1.19 bits per heavy atom. The van der Waals surface area contributed by atoms with Crippen LogP contribution in [-0.4, -0.2) is 5.11 Å². The molecule has 1 radical (unpaired) electrons. The van der Waals surface area contributed by atoms with E-state index in [2.05, 4.69) is 68.4 Å². The van der Waals surface area contributed by atoms with Crippen molar-refractivity contribution in [3.63, 3.8) is 0 Å². The van der Waals surface area contributed by atoms with Gasteiger partial charge in [0.15, 0.2) is 0 Å². The molecule has 5 atom stereocenters. The van der Waals surface area contributed by atoms with Gasteiger partial charge in [-0.05, 0) is 71.2 Å². The van der Waals surface area contributed by atoms with Gasteiger partial charge in [-0.3, -0.25) is 0 Å². The van der Waals surface area contributed by atoms with Crippen molar-refractivity contribution in [2.75, 3.05) is 0 Å². The van der Waals surface area contributed by atoms with Crippen LogP contribution in [0, 0.1) is 80.1 Å². The summed E-state index contributed by atoms with van der Waals surface area (Å²) in [5.74, 6) is 8.29. The molecule has 2 heteroatoms. The Labute approximate surface area is 251 Å². The zero-order valence-electron chi connectivity index (χ0n) is 25.8. The van der Waals surface area contributed by atoms with E-state index in [-0.39, 0.29) is 47.2 Å². The minimum absolute atomic E-state index is 0. The smallest absolute Gasteiger partial charge is 0.388 e. The second-order valence-electron chi connectivity index (χ2n) is 11.6. The zero-order valence-corrected chi connectivity index (χ0v) is 28.2. The van der Waals surface area contributed by atoms with Crippen LogP contribution in [-0.2, 0) is 26.2 Å². The van der Waals surface area contributed by atoms with Crippen molar-refractivity contribution in [1.82, 2.24) is 0 Å². The molecule has 0 bridgehead atoms. The molecule has 2 fully saturated rings. The number of benzene rings is 2. The zero-order chi connectivity index (χ0) is 25.4. The molecule has 2 aliphatic carbocycles.